The summed E-state index contributed by atoms with van der Waals surface area (Å²) in [6.07, 6.45) is 1.69. The first-order valence-corrected chi connectivity index (χ1v) is 7.58. The van der Waals surface area contributed by atoms with Crippen LogP contribution >= 0.6 is 0 Å². The maximum absolute atomic E-state index is 12.2. The number of methoxy groups -OCH3 is 1. The van der Waals surface area contributed by atoms with Gasteiger partial charge in [-0.3, -0.25) is 4.79 Å². The van der Waals surface area contributed by atoms with E-state index in [0.29, 0.717) is 0 Å². The summed E-state index contributed by atoms with van der Waals surface area (Å²) in [5.74, 6) is 1.50. The predicted octanol–water partition coefficient (Wildman–Crippen LogP) is 4.09. The molecule has 0 N–H and O–H groups in total. The third-order valence-corrected chi connectivity index (χ3v) is 5.08. The molecule has 0 aromatic heterocycles. The van der Waals surface area contributed by atoms with Crippen LogP contribution in [0.2, 0.25) is 0 Å². The van der Waals surface area contributed by atoms with E-state index in [1.165, 1.54) is 16.3 Å². The zero-order chi connectivity index (χ0) is 15.5. The fraction of sp³-hybridized carbons (Fsp3) is 0.316. The number of carbonyl (C=O) groups excluding carboxylic acids is 1. The normalized spacial score (nSPS) is 23.3. The average Bonchev–Trinajstić information content (AvgIpc) is 2.76. The minimum atomic E-state index is -0.489. The van der Waals surface area contributed by atoms with Gasteiger partial charge in [0.05, 0.1) is 12.5 Å². The standard InChI is InChI=1S/C19H18O3/c1-11-17-16-6-4-12-10-13(21-3)5-7-14(12)15(16)8-9-19(17,2)18(20)22-11/h4-7,10H,8-9H2,1-3H3. The topological polar surface area (TPSA) is 35.5 Å². The van der Waals surface area contributed by atoms with E-state index in [1.54, 1.807) is 7.11 Å². The lowest BCUT2D eigenvalue weighted by atomic mass is 9.69. The van der Waals surface area contributed by atoms with Crippen LogP contribution in [0.4, 0.5) is 0 Å². The molecule has 0 bridgehead atoms. The van der Waals surface area contributed by atoms with E-state index in [2.05, 4.69) is 24.3 Å². The second-order valence-corrected chi connectivity index (χ2v) is 6.33. The van der Waals surface area contributed by atoms with Crippen LogP contribution in [0.25, 0.3) is 16.3 Å². The molecule has 0 amide bonds. The molecule has 1 aliphatic heterocycles. The molecule has 3 heteroatoms. The van der Waals surface area contributed by atoms with E-state index < -0.39 is 5.41 Å². The first-order chi connectivity index (χ1) is 10.5. The fourth-order valence-corrected chi connectivity index (χ4v) is 3.89. The van der Waals surface area contributed by atoms with Crippen LogP contribution in [0.3, 0.4) is 0 Å². The van der Waals surface area contributed by atoms with E-state index >= 15 is 0 Å². The molecular formula is C19H18O3. The highest BCUT2D eigenvalue weighted by Crippen LogP contribution is 2.52. The summed E-state index contributed by atoms with van der Waals surface area (Å²) < 4.78 is 10.7. The Labute approximate surface area is 129 Å². The van der Waals surface area contributed by atoms with Crippen molar-refractivity contribution in [2.75, 3.05) is 7.11 Å². The number of fused-ring (bicyclic) bond motifs is 5. The molecule has 0 saturated heterocycles. The maximum atomic E-state index is 12.2. The number of aryl methyl sites for hydroxylation is 1. The van der Waals surface area contributed by atoms with Gasteiger partial charge in [-0.1, -0.05) is 18.2 Å². The van der Waals surface area contributed by atoms with Gasteiger partial charge in [0.15, 0.2) is 0 Å². The Balaban J connectivity index is 1.99. The molecule has 0 fully saturated rings. The summed E-state index contributed by atoms with van der Waals surface area (Å²) in [6.45, 7) is 3.90. The number of carbonyl (C=O) groups is 1. The monoisotopic (exact) mass is 294 g/mol. The molecule has 1 unspecified atom stereocenters. The second kappa shape index (κ2) is 4.35. The van der Waals surface area contributed by atoms with E-state index in [9.17, 15) is 4.79 Å². The smallest absolute Gasteiger partial charge is 0.321 e. The molecule has 1 heterocycles. The maximum Gasteiger partial charge on any atom is 0.321 e. The summed E-state index contributed by atoms with van der Waals surface area (Å²) in [4.78, 5) is 12.2. The number of allylic oxidation sites excluding steroid dienone is 1. The van der Waals surface area contributed by atoms with E-state index in [1.807, 2.05) is 19.9 Å². The summed E-state index contributed by atoms with van der Waals surface area (Å²) >= 11 is 0. The lowest BCUT2D eigenvalue weighted by molar-refractivity contribution is -0.144. The van der Waals surface area contributed by atoms with Gasteiger partial charge < -0.3 is 9.47 Å². The summed E-state index contributed by atoms with van der Waals surface area (Å²) in [5, 5.41) is 2.41. The zero-order valence-electron chi connectivity index (χ0n) is 13.0. The minimum absolute atomic E-state index is 0.111. The van der Waals surface area contributed by atoms with E-state index in [0.717, 1.165) is 35.5 Å². The van der Waals surface area contributed by atoms with E-state index in [4.69, 9.17) is 9.47 Å². The number of hydrogen-bond acceptors (Lipinski definition) is 3. The van der Waals surface area contributed by atoms with Gasteiger partial charge in [-0.25, -0.2) is 0 Å². The van der Waals surface area contributed by atoms with Gasteiger partial charge in [0.1, 0.15) is 11.5 Å². The largest absolute Gasteiger partial charge is 0.497 e. The molecule has 0 saturated carbocycles. The molecule has 2 aromatic rings. The van der Waals surface area contributed by atoms with E-state index in [-0.39, 0.29) is 5.97 Å². The number of benzene rings is 2. The summed E-state index contributed by atoms with van der Waals surface area (Å²) in [5.41, 5.74) is 3.05. The highest BCUT2D eigenvalue weighted by molar-refractivity contribution is 6.02. The molecule has 112 valence electrons. The number of esters is 1. The lowest BCUT2D eigenvalue weighted by Crippen LogP contribution is -2.29. The SMILES string of the molecule is COc1ccc2c3c(ccc2c1)C1=C(C)OC(=O)C1(C)CC3. The highest BCUT2D eigenvalue weighted by Gasteiger charge is 2.49. The van der Waals surface area contributed by atoms with Crippen LogP contribution in [-0.2, 0) is 16.0 Å². The summed E-state index contributed by atoms with van der Waals surface area (Å²) in [7, 11) is 1.68. The molecule has 4 rings (SSSR count). The molecule has 0 radical (unpaired) electrons. The Hall–Kier alpha value is -2.29. The first-order valence-electron chi connectivity index (χ1n) is 7.58. The van der Waals surface area contributed by atoms with Crippen molar-refractivity contribution in [3.63, 3.8) is 0 Å². The van der Waals surface area contributed by atoms with Crippen molar-refractivity contribution in [2.24, 2.45) is 5.41 Å². The van der Waals surface area contributed by atoms with Crippen molar-refractivity contribution in [3.05, 3.63) is 47.2 Å². The number of hydrogen-bond donors (Lipinski definition) is 0. The Morgan fingerprint density at radius 1 is 1.23 bits per heavy atom. The van der Waals surface area contributed by atoms with Crippen LogP contribution in [0.1, 0.15) is 31.4 Å². The minimum Gasteiger partial charge on any atom is -0.497 e. The van der Waals surface area contributed by atoms with Gasteiger partial charge in [0.25, 0.3) is 0 Å². The van der Waals surface area contributed by atoms with Crippen molar-refractivity contribution in [1.82, 2.24) is 0 Å². The predicted molar refractivity (Wildman–Crippen MR) is 85.6 cm³/mol. The Morgan fingerprint density at radius 3 is 2.82 bits per heavy atom. The van der Waals surface area contributed by atoms with Crippen molar-refractivity contribution in [1.29, 1.82) is 0 Å². The average molecular weight is 294 g/mol. The van der Waals surface area contributed by atoms with Crippen molar-refractivity contribution >= 4 is 22.3 Å². The second-order valence-electron chi connectivity index (χ2n) is 6.33. The highest BCUT2D eigenvalue weighted by atomic mass is 16.5. The van der Waals surface area contributed by atoms with Crippen molar-refractivity contribution in [3.8, 4) is 5.75 Å². The molecule has 3 nitrogen and oxygen atoms in total. The van der Waals surface area contributed by atoms with Crippen molar-refractivity contribution in [2.45, 2.75) is 26.7 Å². The Bertz CT molecular complexity index is 847. The molecule has 2 aromatic carbocycles. The molecule has 2 aliphatic rings. The number of cyclic esters (lactones) is 1. The van der Waals surface area contributed by atoms with Crippen molar-refractivity contribution < 1.29 is 14.3 Å². The molecule has 1 atom stereocenters. The van der Waals surface area contributed by atoms with Gasteiger partial charge in [0, 0.05) is 5.57 Å². The van der Waals surface area contributed by atoms with Gasteiger partial charge >= 0.3 is 5.97 Å². The van der Waals surface area contributed by atoms with Crippen LogP contribution in [0.5, 0.6) is 5.75 Å². The molecule has 22 heavy (non-hydrogen) atoms. The quantitative estimate of drug-likeness (QED) is 0.743. The molecular weight excluding hydrogens is 276 g/mol. The first kappa shape index (κ1) is 13.4. The third kappa shape index (κ3) is 1.59. The Morgan fingerprint density at radius 2 is 2.05 bits per heavy atom. The van der Waals surface area contributed by atoms with Gasteiger partial charge in [-0.15, -0.1) is 0 Å². The number of ether oxygens (including phenoxy) is 2. The molecule has 1 aliphatic carbocycles. The van der Waals surface area contributed by atoms with Gasteiger partial charge in [-0.2, -0.15) is 0 Å². The Kier molecular flexibility index (Phi) is 2.65. The molecule has 0 spiro atoms. The van der Waals surface area contributed by atoms with Crippen LogP contribution in [0, 0.1) is 5.41 Å². The third-order valence-electron chi connectivity index (χ3n) is 5.08. The van der Waals surface area contributed by atoms with Crippen LogP contribution < -0.4 is 4.74 Å². The number of rotatable bonds is 1. The van der Waals surface area contributed by atoms with Gasteiger partial charge in [-0.05, 0) is 60.7 Å². The zero-order valence-corrected chi connectivity index (χ0v) is 13.0. The lowest BCUT2D eigenvalue weighted by Gasteiger charge is -2.31. The fourth-order valence-electron chi connectivity index (χ4n) is 3.89. The van der Waals surface area contributed by atoms with Crippen LogP contribution in [0.15, 0.2) is 36.1 Å². The van der Waals surface area contributed by atoms with Crippen LogP contribution in [-0.4, -0.2) is 13.1 Å². The van der Waals surface area contributed by atoms with Gasteiger partial charge in [0.2, 0.25) is 0 Å². The summed E-state index contributed by atoms with van der Waals surface area (Å²) in [6, 6.07) is 10.4.